The molecule has 1 N–H and O–H groups in total. The van der Waals surface area contributed by atoms with E-state index in [-0.39, 0.29) is 12.1 Å². The highest BCUT2D eigenvalue weighted by molar-refractivity contribution is 5.95. The number of hydrogen-bond acceptors (Lipinski definition) is 4. The molecule has 1 unspecified atom stereocenters. The zero-order valence-corrected chi connectivity index (χ0v) is 17.8. The molecule has 1 fully saturated rings. The number of fused-ring (bicyclic) bond motifs is 1. The zero-order valence-electron chi connectivity index (χ0n) is 17.8. The predicted molar refractivity (Wildman–Crippen MR) is 114 cm³/mol. The van der Waals surface area contributed by atoms with Gasteiger partial charge < -0.3 is 14.6 Å². The molecule has 1 aliphatic rings. The van der Waals surface area contributed by atoms with E-state index in [9.17, 15) is 19.1 Å². The Morgan fingerprint density at radius 3 is 2.55 bits per heavy atom. The molecule has 0 saturated carbocycles. The van der Waals surface area contributed by atoms with E-state index in [4.69, 9.17) is 0 Å². The van der Waals surface area contributed by atoms with Crippen molar-refractivity contribution in [3.8, 4) is 0 Å². The summed E-state index contributed by atoms with van der Waals surface area (Å²) in [4.78, 5) is 29.1. The monoisotopic (exact) mass is 403 g/mol. The minimum absolute atomic E-state index is 0.0118. The molecule has 0 amide bonds. The number of alkyl halides is 1. The van der Waals surface area contributed by atoms with Crippen molar-refractivity contribution in [1.82, 2.24) is 9.47 Å². The number of benzene rings is 1. The van der Waals surface area contributed by atoms with Gasteiger partial charge in [0.25, 0.3) is 0 Å². The highest BCUT2D eigenvalue weighted by atomic mass is 19.1. The van der Waals surface area contributed by atoms with Crippen LogP contribution in [0.15, 0.2) is 17.1 Å². The van der Waals surface area contributed by atoms with Crippen LogP contribution in [0.1, 0.15) is 42.3 Å². The van der Waals surface area contributed by atoms with Crippen molar-refractivity contribution in [1.29, 1.82) is 0 Å². The first-order chi connectivity index (χ1) is 13.7. The van der Waals surface area contributed by atoms with Crippen LogP contribution in [0, 0.1) is 13.8 Å². The summed E-state index contributed by atoms with van der Waals surface area (Å²) >= 11 is 0. The van der Waals surface area contributed by atoms with Gasteiger partial charge in [-0.05, 0) is 51.8 Å². The van der Waals surface area contributed by atoms with Crippen molar-refractivity contribution in [3.63, 3.8) is 0 Å². The van der Waals surface area contributed by atoms with Gasteiger partial charge in [-0.2, -0.15) is 0 Å². The lowest BCUT2D eigenvalue weighted by Crippen LogP contribution is -2.54. The number of aromatic carboxylic acids is 1. The molecule has 29 heavy (non-hydrogen) atoms. The molecular weight excluding hydrogens is 373 g/mol. The topological polar surface area (TPSA) is 65.8 Å². The summed E-state index contributed by atoms with van der Waals surface area (Å²) in [5.74, 6) is -1.29. The average molecular weight is 403 g/mol. The van der Waals surface area contributed by atoms with Crippen LogP contribution < -0.4 is 10.3 Å². The van der Waals surface area contributed by atoms with Gasteiger partial charge in [0.05, 0.1) is 12.1 Å². The molecule has 1 aromatic carbocycles. The molecule has 2 aromatic rings. The Hall–Kier alpha value is -2.41. The first-order valence-corrected chi connectivity index (χ1v) is 10.1. The van der Waals surface area contributed by atoms with Gasteiger partial charge in [0.15, 0.2) is 0 Å². The molecule has 0 aliphatic carbocycles. The number of halogens is 1. The highest BCUT2D eigenvalue weighted by Gasteiger charge is 2.28. The maximum atomic E-state index is 13.2. The maximum Gasteiger partial charge on any atom is 0.341 e. The Labute approximate surface area is 170 Å². The second kappa shape index (κ2) is 8.14. The van der Waals surface area contributed by atoms with E-state index in [1.165, 1.54) is 6.20 Å². The number of anilines is 1. The molecule has 3 rings (SSSR count). The third kappa shape index (κ3) is 3.75. The van der Waals surface area contributed by atoms with E-state index >= 15 is 0 Å². The smallest absolute Gasteiger partial charge is 0.341 e. The van der Waals surface area contributed by atoms with Crippen LogP contribution in [-0.2, 0) is 6.54 Å². The largest absolute Gasteiger partial charge is 0.477 e. The third-order valence-corrected chi connectivity index (χ3v) is 5.98. The Morgan fingerprint density at radius 2 is 2.00 bits per heavy atom. The summed E-state index contributed by atoms with van der Waals surface area (Å²) in [7, 11) is 0. The molecule has 0 spiro atoms. The summed E-state index contributed by atoms with van der Waals surface area (Å²) in [5.41, 5.74) is 2.68. The number of pyridine rings is 1. The first-order valence-electron chi connectivity index (χ1n) is 10.1. The van der Waals surface area contributed by atoms with Crippen molar-refractivity contribution in [2.75, 3.05) is 31.2 Å². The lowest BCUT2D eigenvalue weighted by Gasteiger charge is -2.44. The van der Waals surface area contributed by atoms with Crippen molar-refractivity contribution in [3.05, 3.63) is 39.2 Å². The molecular formula is C22H30FN3O3. The first kappa shape index (κ1) is 21.3. The lowest BCUT2D eigenvalue weighted by atomic mass is 9.99. The minimum atomic E-state index is -1.29. The summed E-state index contributed by atoms with van der Waals surface area (Å²) < 4.78 is 14.8. The third-order valence-electron chi connectivity index (χ3n) is 5.98. The Morgan fingerprint density at radius 1 is 1.31 bits per heavy atom. The molecule has 1 aliphatic heterocycles. The van der Waals surface area contributed by atoms with Gasteiger partial charge in [0.2, 0.25) is 5.43 Å². The van der Waals surface area contributed by atoms with Gasteiger partial charge in [-0.25, -0.2) is 9.18 Å². The maximum absolute atomic E-state index is 13.2. The zero-order chi connectivity index (χ0) is 21.5. The van der Waals surface area contributed by atoms with E-state index in [0.29, 0.717) is 23.0 Å². The molecule has 1 aromatic heterocycles. The SMILES string of the molecule is Cc1cc2c(=O)c(C(=O)O)cn(CCF)c2c(C)c1N1CCN(C(C)C)C(C)C1. The molecule has 2 heterocycles. The molecule has 158 valence electrons. The number of carboxylic acids is 1. The summed E-state index contributed by atoms with van der Waals surface area (Å²) in [6.07, 6.45) is 1.28. The fraction of sp³-hybridized carbons (Fsp3) is 0.545. The summed E-state index contributed by atoms with van der Waals surface area (Å²) in [6, 6.07) is 2.64. The van der Waals surface area contributed by atoms with Gasteiger partial charge in [0, 0.05) is 49.0 Å². The van der Waals surface area contributed by atoms with Crippen molar-refractivity contribution in [2.24, 2.45) is 0 Å². The molecule has 7 heteroatoms. The summed E-state index contributed by atoms with van der Waals surface area (Å²) in [6.45, 7) is 12.6. The van der Waals surface area contributed by atoms with Crippen LogP contribution in [0.25, 0.3) is 10.9 Å². The normalized spacial score (nSPS) is 18.0. The van der Waals surface area contributed by atoms with Crippen molar-refractivity contribution < 1.29 is 14.3 Å². The van der Waals surface area contributed by atoms with E-state index < -0.39 is 18.1 Å². The van der Waals surface area contributed by atoms with Crippen LogP contribution in [-0.4, -0.2) is 58.9 Å². The number of hydrogen-bond donors (Lipinski definition) is 1. The van der Waals surface area contributed by atoms with Crippen LogP contribution >= 0.6 is 0 Å². The molecule has 1 atom stereocenters. The van der Waals surface area contributed by atoms with Gasteiger partial charge in [-0.3, -0.25) is 9.69 Å². The number of piperazine rings is 1. The number of carbonyl (C=O) groups is 1. The van der Waals surface area contributed by atoms with Crippen LogP contribution in [0.5, 0.6) is 0 Å². The summed E-state index contributed by atoms with van der Waals surface area (Å²) in [5, 5.41) is 9.73. The van der Waals surface area contributed by atoms with E-state index in [1.54, 1.807) is 10.6 Å². The second-order valence-electron chi connectivity index (χ2n) is 8.25. The van der Waals surface area contributed by atoms with Crippen molar-refractivity contribution in [2.45, 2.75) is 53.2 Å². The number of aryl methyl sites for hydroxylation is 3. The lowest BCUT2D eigenvalue weighted by molar-refractivity contribution is 0.0694. The van der Waals surface area contributed by atoms with Gasteiger partial charge in [-0.1, -0.05) is 0 Å². The van der Waals surface area contributed by atoms with Crippen LogP contribution in [0.4, 0.5) is 10.1 Å². The Kier molecular flexibility index (Phi) is 5.98. The van der Waals surface area contributed by atoms with Gasteiger partial charge >= 0.3 is 5.97 Å². The minimum Gasteiger partial charge on any atom is -0.477 e. The number of rotatable bonds is 5. The van der Waals surface area contributed by atoms with Gasteiger partial charge in [0.1, 0.15) is 12.2 Å². The second-order valence-corrected chi connectivity index (χ2v) is 8.25. The average Bonchev–Trinajstić information content (AvgIpc) is 2.63. The standard InChI is InChI=1S/C22H30FN3O3/c1-13(2)26-9-8-25(11-15(26)4)19-14(3)10-17-20(16(19)5)24(7-6-23)12-18(21(17)27)22(28)29/h10,12-13,15H,6-9,11H2,1-5H3,(H,28,29). The fourth-order valence-corrected chi connectivity index (χ4v) is 4.78. The Bertz CT molecular complexity index is 999. The van der Waals surface area contributed by atoms with Crippen molar-refractivity contribution >= 4 is 22.6 Å². The number of carboxylic acid groups (broad SMARTS) is 1. The van der Waals surface area contributed by atoms with Crippen LogP contribution in [0.3, 0.4) is 0 Å². The number of aromatic nitrogens is 1. The molecule has 1 saturated heterocycles. The predicted octanol–water partition coefficient (Wildman–Crippen LogP) is 3.20. The van der Waals surface area contributed by atoms with E-state index in [0.717, 1.165) is 36.4 Å². The Balaban J connectivity index is 2.18. The number of nitrogens with zero attached hydrogens (tertiary/aromatic N) is 3. The molecule has 0 radical (unpaired) electrons. The van der Waals surface area contributed by atoms with E-state index in [2.05, 4.69) is 30.6 Å². The fourth-order valence-electron chi connectivity index (χ4n) is 4.78. The highest BCUT2D eigenvalue weighted by Crippen LogP contribution is 2.33. The quantitative estimate of drug-likeness (QED) is 0.831. The van der Waals surface area contributed by atoms with E-state index in [1.807, 2.05) is 13.8 Å². The van der Waals surface area contributed by atoms with Gasteiger partial charge in [-0.15, -0.1) is 0 Å². The molecule has 6 nitrogen and oxygen atoms in total. The van der Waals surface area contributed by atoms with Crippen LogP contribution in [0.2, 0.25) is 0 Å². The molecule has 0 bridgehead atoms.